The van der Waals surface area contributed by atoms with E-state index in [-0.39, 0.29) is 30.9 Å². The van der Waals surface area contributed by atoms with Gasteiger partial charge in [0.15, 0.2) is 0 Å². The van der Waals surface area contributed by atoms with Crippen molar-refractivity contribution in [2.75, 3.05) is 19.6 Å². The van der Waals surface area contributed by atoms with Crippen LogP contribution in [-0.4, -0.2) is 41.2 Å². The van der Waals surface area contributed by atoms with E-state index >= 15 is 0 Å². The lowest BCUT2D eigenvalue weighted by Crippen LogP contribution is -2.46. The van der Waals surface area contributed by atoms with Crippen LogP contribution in [0.3, 0.4) is 0 Å². The number of fused-ring (bicyclic) bond motifs is 1. The summed E-state index contributed by atoms with van der Waals surface area (Å²) in [6.07, 6.45) is 2.42. The number of thiophene rings is 1. The second-order valence-electron chi connectivity index (χ2n) is 7.58. The van der Waals surface area contributed by atoms with Crippen LogP contribution in [0.4, 0.5) is 0 Å². The molecule has 0 N–H and O–H groups in total. The number of amides is 2. The maximum absolute atomic E-state index is 13.5. The van der Waals surface area contributed by atoms with Gasteiger partial charge in [0.25, 0.3) is 5.91 Å². The normalized spacial score (nSPS) is 15.2. The van der Waals surface area contributed by atoms with Crippen LogP contribution in [0.2, 0.25) is 10.0 Å². The summed E-state index contributed by atoms with van der Waals surface area (Å²) in [5, 5.41) is 3.19. The fourth-order valence-corrected chi connectivity index (χ4v) is 5.24. The smallest absolute Gasteiger partial charge is 0.254 e. The van der Waals surface area contributed by atoms with Gasteiger partial charge in [-0.1, -0.05) is 47.5 Å². The van der Waals surface area contributed by atoms with E-state index in [1.165, 1.54) is 9.78 Å². The van der Waals surface area contributed by atoms with Gasteiger partial charge in [-0.2, -0.15) is 0 Å². The highest BCUT2D eigenvalue weighted by Gasteiger charge is 2.34. The van der Waals surface area contributed by atoms with Gasteiger partial charge in [0.05, 0.1) is 6.04 Å². The van der Waals surface area contributed by atoms with Crippen molar-refractivity contribution in [3.05, 3.63) is 104 Å². The Labute approximate surface area is 201 Å². The standard InChI is InChI=1S/C25H22Cl2N2O2S/c1-2-12-28(25(31)18-4-3-5-20(27)15-18)16-23(30)29-13-10-22-21(11-14-32-22)24(29)17-6-8-19(26)9-7-17/h2-9,11,14-15,24H,1,10,12-13,16H2. The molecule has 0 spiro atoms. The largest absolute Gasteiger partial charge is 0.330 e. The molecular formula is C25H22Cl2N2O2S. The summed E-state index contributed by atoms with van der Waals surface area (Å²) in [4.78, 5) is 31.3. The van der Waals surface area contributed by atoms with Crippen molar-refractivity contribution in [3.63, 3.8) is 0 Å². The zero-order valence-electron chi connectivity index (χ0n) is 17.3. The van der Waals surface area contributed by atoms with Gasteiger partial charge < -0.3 is 9.80 Å². The zero-order valence-corrected chi connectivity index (χ0v) is 19.7. The predicted molar refractivity (Wildman–Crippen MR) is 131 cm³/mol. The van der Waals surface area contributed by atoms with E-state index < -0.39 is 0 Å². The summed E-state index contributed by atoms with van der Waals surface area (Å²) < 4.78 is 0. The Balaban J connectivity index is 1.61. The van der Waals surface area contributed by atoms with Crippen molar-refractivity contribution in [2.45, 2.75) is 12.5 Å². The molecule has 0 radical (unpaired) electrons. The molecule has 0 saturated heterocycles. The first-order valence-electron chi connectivity index (χ1n) is 10.2. The molecule has 32 heavy (non-hydrogen) atoms. The Morgan fingerprint density at radius 3 is 2.62 bits per heavy atom. The average Bonchev–Trinajstić information content (AvgIpc) is 3.27. The minimum absolute atomic E-state index is 0.0407. The third-order valence-corrected chi connectivity index (χ3v) is 6.99. The number of carbonyl (C=O) groups is 2. The molecule has 3 aromatic rings. The predicted octanol–water partition coefficient (Wildman–Crippen LogP) is 5.86. The topological polar surface area (TPSA) is 40.6 Å². The van der Waals surface area contributed by atoms with Gasteiger partial charge in [-0.3, -0.25) is 9.59 Å². The zero-order chi connectivity index (χ0) is 22.7. The molecule has 7 heteroatoms. The summed E-state index contributed by atoms with van der Waals surface area (Å²) in [5.41, 5.74) is 2.58. The first-order valence-corrected chi connectivity index (χ1v) is 11.9. The van der Waals surface area contributed by atoms with Crippen LogP contribution in [0.5, 0.6) is 0 Å². The molecule has 1 atom stereocenters. The molecule has 0 saturated carbocycles. The summed E-state index contributed by atoms with van der Waals surface area (Å²) in [5.74, 6) is -0.365. The number of carbonyl (C=O) groups excluding carboxylic acids is 2. The highest BCUT2D eigenvalue weighted by molar-refractivity contribution is 7.10. The lowest BCUT2D eigenvalue weighted by Gasteiger charge is -2.37. The van der Waals surface area contributed by atoms with Crippen LogP contribution in [0, 0.1) is 0 Å². The molecule has 0 fully saturated rings. The molecule has 1 aliphatic rings. The van der Waals surface area contributed by atoms with E-state index in [1.807, 2.05) is 29.2 Å². The Kier molecular flexibility index (Phi) is 6.99. The molecule has 2 aromatic carbocycles. The van der Waals surface area contributed by atoms with Crippen LogP contribution < -0.4 is 0 Å². The van der Waals surface area contributed by atoms with E-state index in [0.717, 1.165) is 17.5 Å². The highest BCUT2D eigenvalue weighted by Crippen LogP contribution is 2.38. The van der Waals surface area contributed by atoms with Crippen LogP contribution in [-0.2, 0) is 11.2 Å². The van der Waals surface area contributed by atoms with E-state index in [0.29, 0.717) is 22.2 Å². The third kappa shape index (κ3) is 4.75. The van der Waals surface area contributed by atoms with Crippen molar-refractivity contribution < 1.29 is 9.59 Å². The molecule has 1 aliphatic heterocycles. The van der Waals surface area contributed by atoms with Crippen molar-refractivity contribution in [2.24, 2.45) is 0 Å². The van der Waals surface area contributed by atoms with Gasteiger partial charge in [0.1, 0.15) is 6.54 Å². The molecule has 4 nitrogen and oxygen atoms in total. The quantitative estimate of drug-likeness (QED) is 0.411. The van der Waals surface area contributed by atoms with Crippen LogP contribution in [0.15, 0.2) is 72.6 Å². The monoisotopic (exact) mass is 484 g/mol. The van der Waals surface area contributed by atoms with Gasteiger partial charge in [-0.15, -0.1) is 17.9 Å². The highest BCUT2D eigenvalue weighted by atomic mass is 35.5. The van der Waals surface area contributed by atoms with Crippen molar-refractivity contribution >= 4 is 46.4 Å². The fraction of sp³-hybridized carbons (Fsp3) is 0.200. The van der Waals surface area contributed by atoms with Gasteiger partial charge >= 0.3 is 0 Å². The lowest BCUT2D eigenvalue weighted by atomic mass is 9.93. The maximum Gasteiger partial charge on any atom is 0.254 e. The average molecular weight is 485 g/mol. The molecule has 1 aromatic heterocycles. The summed E-state index contributed by atoms with van der Waals surface area (Å²) in [6.45, 7) is 4.57. The van der Waals surface area contributed by atoms with Gasteiger partial charge in [0, 0.05) is 33.6 Å². The van der Waals surface area contributed by atoms with Gasteiger partial charge in [-0.25, -0.2) is 0 Å². The number of benzene rings is 2. The number of hydrogen-bond donors (Lipinski definition) is 0. The Bertz CT molecular complexity index is 1140. The van der Waals surface area contributed by atoms with Crippen LogP contribution >= 0.6 is 34.5 Å². The maximum atomic E-state index is 13.5. The second kappa shape index (κ2) is 9.90. The van der Waals surface area contributed by atoms with E-state index in [4.69, 9.17) is 23.2 Å². The summed E-state index contributed by atoms with van der Waals surface area (Å²) >= 11 is 13.9. The van der Waals surface area contributed by atoms with Gasteiger partial charge in [-0.05, 0) is 59.3 Å². The van der Waals surface area contributed by atoms with Crippen LogP contribution in [0.1, 0.15) is 32.4 Å². The molecule has 164 valence electrons. The molecule has 4 rings (SSSR count). The Morgan fingerprint density at radius 2 is 1.91 bits per heavy atom. The molecule has 0 bridgehead atoms. The van der Waals surface area contributed by atoms with Gasteiger partial charge in [0.2, 0.25) is 5.91 Å². The molecule has 1 unspecified atom stereocenters. The first-order chi connectivity index (χ1) is 15.5. The van der Waals surface area contributed by atoms with Crippen molar-refractivity contribution in [1.82, 2.24) is 9.80 Å². The van der Waals surface area contributed by atoms with Crippen LogP contribution in [0.25, 0.3) is 0 Å². The van der Waals surface area contributed by atoms with E-state index in [9.17, 15) is 9.59 Å². The Morgan fingerprint density at radius 1 is 1.12 bits per heavy atom. The first kappa shape index (κ1) is 22.6. The fourth-order valence-electron chi connectivity index (χ4n) is 4.02. The number of rotatable bonds is 6. The summed E-state index contributed by atoms with van der Waals surface area (Å²) in [6, 6.07) is 16.2. The third-order valence-electron chi connectivity index (χ3n) is 5.51. The number of hydrogen-bond acceptors (Lipinski definition) is 3. The summed E-state index contributed by atoms with van der Waals surface area (Å²) in [7, 11) is 0. The SMILES string of the molecule is C=CCN(CC(=O)N1CCc2sccc2C1c1ccc(Cl)cc1)C(=O)c1cccc(Cl)c1. The van der Waals surface area contributed by atoms with E-state index in [1.54, 1.807) is 41.7 Å². The number of halogens is 2. The second-order valence-corrected chi connectivity index (χ2v) is 9.45. The lowest BCUT2D eigenvalue weighted by molar-refractivity contribution is -0.133. The molecule has 0 aliphatic carbocycles. The van der Waals surface area contributed by atoms with Crippen molar-refractivity contribution in [3.8, 4) is 0 Å². The minimum Gasteiger partial charge on any atom is -0.330 e. The molecule has 2 amide bonds. The van der Waals surface area contributed by atoms with Crippen molar-refractivity contribution in [1.29, 1.82) is 0 Å². The number of nitrogens with zero attached hydrogens (tertiary/aromatic N) is 2. The molecular weight excluding hydrogens is 463 g/mol. The molecule has 2 heterocycles. The minimum atomic E-state index is -0.253. The van der Waals surface area contributed by atoms with E-state index in [2.05, 4.69) is 18.0 Å². The Hall–Kier alpha value is -2.60.